The van der Waals surface area contributed by atoms with Gasteiger partial charge in [0.1, 0.15) is 0 Å². The molecule has 2 N–H and O–H groups in total. The van der Waals surface area contributed by atoms with Crippen molar-refractivity contribution in [3.05, 3.63) is 35.4 Å². The minimum absolute atomic E-state index is 0.374. The molecule has 0 radical (unpaired) electrons. The first kappa shape index (κ1) is 13.7. The molecule has 3 heteroatoms. The molecule has 0 spiro atoms. The molecule has 0 unspecified atom stereocenters. The van der Waals surface area contributed by atoms with Gasteiger partial charge < -0.3 is 4.74 Å². The van der Waals surface area contributed by atoms with E-state index in [4.69, 9.17) is 5.73 Å². The van der Waals surface area contributed by atoms with Gasteiger partial charge in [-0.25, -0.2) is 0 Å². The Kier molecular flexibility index (Phi) is 7.28. The van der Waals surface area contributed by atoms with Crippen molar-refractivity contribution in [2.45, 2.75) is 33.4 Å². The molecule has 0 fully saturated rings. The van der Waals surface area contributed by atoms with Crippen molar-refractivity contribution in [3.8, 4) is 0 Å². The van der Waals surface area contributed by atoms with E-state index in [9.17, 15) is 4.79 Å². The molecule has 0 bridgehead atoms. The molecule has 0 aliphatic heterocycles. The molecule has 3 nitrogen and oxygen atoms in total. The van der Waals surface area contributed by atoms with Gasteiger partial charge in [-0.3, -0.25) is 10.5 Å². The maximum Gasteiger partial charge on any atom is 0.294 e. The van der Waals surface area contributed by atoms with E-state index in [2.05, 4.69) is 4.74 Å². The molecule has 0 aromatic heterocycles. The summed E-state index contributed by atoms with van der Waals surface area (Å²) in [7, 11) is 0. The molecule has 84 valence electrons. The lowest BCUT2D eigenvalue weighted by Gasteiger charge is -2.08. The lowest BCUT2D eigenvalue weighted by Crippen LogP contribution is -2.25. The van der Waals surface area contributed by atoms with Crippen molar-refractivity contribution >= 4 is 6.47 Å². The van der Waals surface area contributed by atoms with Crippen molar-refractivity contribution in [1.82, 2.24) is 0 Å². The van der Waals surface area contributed by atoms with E-state index < -0.39 is 6.23 Å². The van der Waals surface area contributed by atoms with Crippen LogP contribution in [0, 0.1) is 6.92 Å². The average Bonchev–Trinajstić information content (AvgIpc) is 2.25. The highest BCUT2D eigenvalue weighted by atomic mass is 16.5. The molecule has 0 saturated carbocycles. The summed E-state index contributed by atoms with van der Waals surface area (Å²) >= 11 is 0. The minimum atomic E-state index is -0.541. The van der Waals surface area contributed by atoms with Crippen molar-refractivity contribution < 1.29 is 9.53 Å². The van der Waals surface area contributed by atoms with Crippen molar-refractivity contribution in [3.63, 3.8) is 0 Å². The van der Waals surface area contributed by atoms with E-state index in [0.717, 1.165) is 5.56 Å². The summed E-state index contributed by atoms with van der Waals surface area (Å²) < 4.78 is 4.57. The van der Waals surface area contributed by atoms with E-state index in [-0.39, 0.29) is 0 Å². The quantitative estimate of drug-likeness (QED) is 0.609. The molecule has 0 amide bonds. The van der Waals surface area contributed by atoms with Crippen LogP contribution in [0.5, 0.6) is 0 Å². The normalized spacial score (nSPS) is 10.9. The number of benzene rings is 1. The van der Waals surface area contributed by atoms with Gasteiger partial charge >= 0.3 is 0 Å². The van der Waals surface area contributed by atoms with Crippen LogP contribution in [0.2, 0.25) is 0 Å². The summed E-state index contributed by atoms with van der Waals surface area (Å²) in [5, 5.41) is 0. The fraction of sp³-hybridized carbons (Fsp3) is 0.417. The molecule has 15 heavy (non-hydrogen) atoms. The van der Waals surface area contributed by atoms with Gasteiger partial charge in [0.05, 0.1) is 0 Å². The first-order chi connectivity index (χ1) is 7.22. The SMILES string of the molecule is CC.Cc1ccc(C[C@H](N)OC=O)cc1. The maximum absolute atomic E-state index is 9.96. The van der Waals surface area contributed by atoms with Crippen LogP contribution in [0.3, 0.4) is 0 Å². The third kappa shape index (κ3) is 5.86. The zero-order valence-corrected chi connectivity index (χ0v) is 9.57. The molecule has 0 heterocycles. The van der Waals surface area contributed by atoms with Crippen LogP contribution in [-0.4, -0.2) is 12.7 Å². The molecule has 0 aliphatic rings. The molecule has 0 saturated heterocycles. The minimum Gasteiger partial charge on any atom is -0.449 e. The summed E-state index contributed by atoms with van der Waals surface area (Å²) in [4.78, 5) is 9.96. The van der Waals surface area contributed by atoms with Gasteiger partial charge in [-0.1, -0.05) is 43.7 Å². The summed E-state index contributed by atoms with van der Waals surface area (Å²) in [6.45, 7) is 6.39. The smallest absolute Gasteiger partial charge is 0.294 e. The van der Waals surface area contributed by atoms with Crippen LogP contribution in [0.15, 0.2) is 24.3 Å². The second-order valence-electron chi connectivity index (χ2n) is 2.96. The molecular formula is C12H19NO2. The fourth-order valence-corrected chi connectivity index (χ4v) is 1.08. The Morgan fingerprint density at radius 3 is 2.33 bits per heavy atom. The highest BCUT2D eigenvalue weighted by molar-refractivity contribution is 5.37. The monoisotopic (exact) mass is 209 g/mol. The largest absolute Gasteiger partial charge is 0.449 e. The standard InChI is InChI=1S/C10H13NO2.C2H6/c1-8-2-4-9(5-3-8)6-10(11)13-7-12;1-2/h2-5,7,10H,6,11H2,1H3;1-2H3/t10-;/m1./s1. The number of carbonyl (C=O) groups is 1. The third-order valence-corrected chi connectivity index (χ3v) is 1.79. The van der Waals surface area contributed by atoms with Crippen molar-refractivity contribution in [1.29, 1.82) is 0 Å². The Balaban J connectivity index is 0.000000921. The third-order valence-electron chi connectivity index (χ3n) is 1.79. The second-order valence-corrected chi connectivity index (χ2v) is 2.96. The zero-order valence-electron chi connectivity index (χ0n) is 9.57. The number of aryl methyl sites for hydroxylation is 1. The number of carbonyl (C=O) groups excluding carboxylic acids is 1. The van der Waals surface area contributed by atoms with Gasteiger partial charge in [0, 0.05) is 6.42 Å². The highest BCUT2D eigenvalue weighted by Gasteiger charge is 2.02. The van der Waals surface area contributed by atoms with Gasteiger partial charge in [0.2, 0.25) is 0 Å². The zero-order chi connectivity index (χ0) is 11.7. The molecular weight excluding hydrogens is 190 g/mol. The number of nitrogens with two attached hydrogens (primary N) is 1. The predicted molar refractivity (Wildman–Crippen MR) is 61.4 cm³/mol. The topological polar surface area (TPSA) is 52.3 Å². The van der Waals surface area contributed by atoms with Gasteiger partial charge in [-0.2, -0.15) is 0 Å². The Bertz CT molecular complexity index is 269. The van der Waals surface area contributed by atoms with E-state index in [1.54, 1.807) is 0 Å². The van der Waals surface area contributed by atoms with Gasteiger partial charge in [-0.05, 0) is 12.5 Å². The highest BCUT2D eigenvalue weighted by Crippen LogP contribution is 2.05. The Morgan fingerprint density at radius 1 is 1.33 bits per heavy atom. The number of ether oxygens (including phenoxy) is 1. The molecule has 1 rings (SSSR count). The lowest BCUT2D eigenvalue weighted by atomic mass is 10.1. The Hall–Kier alpha value is -1.35. The van der Waals surface area contributed by atoms with Crippen molar-refractivity contribution in [2.24, 2.45) is 5.73 Å². The van der Waals surface area contributed by atoms with E-state index >= 15 is 0 Å². The van der Waals surface area contributed by atoms with E-state index in [1.807, 2.05) is 45.0 Å². The summed E-state index contributed by atoms with van der Waals surface area (Å²) in [5.74, 6) is 0. The van der Waals surface area contributed by atoms with Gasteiger partial charge in [0.25, 0.3) is 6.47 Å². The Morgan fingerprint density at radius 2 is 1.87 bits per heavy atom. The maximum atomic E-state index is 9.96. The first-order valence-electron chi connectivity index (χ1n) is 5.12. The van der Waals surface area contributed by atoms with Crippen LogP contribution < -0.4 is 5.73 Å². The summed E-state index contributed by atoms with van der Waals surface area (Å²) in [5.41, 5.74) is 7.77. The van der Waals surface area contributed by atoms with Gasteiger partial charge in [0.15, 0.2) is 6.23 Å². The van der Waals surface area contributed by atoms with Crippen molar-refractivity contribution in [2.75, 3.05) is 0 Å². The summed E-state index contributed by atoms with van der Waals surface area (Å²) in [6.07, 6.45) is 0.0131. The lowest BCUT2D eigenvalue weighted by molar-refractivity contribution is -0.133. The number of rotatable bonds is 4. The van der Waals surface area contributed by atoms with Crippen LogP contribution in [0.4, 0.5) is 0 Å². The summed E-state index contributed by atoms with van der Waals surface area (Å²) in [6, 6.07) is 7.96. The Labute approximate surface area is 91.2 Å². The van der Waals surface area contributed by atoms with E-state index in [1.165, 1.54) is 5.56 Å². The molecule has 1 atom stereocenters. The molecule has 1 aromatic rings. The second kappa shape index (κ2) is 8.00. The number of hydrogen-bond donors (Lipinski definition) is 1. The van der Waals surface area contributed by atoms with Crippen LogP contribution >= 0.6 is 0 Å². The predicted octanol–water partition coefficient (Wildman–Crippen LogP) is 2.02. The van der Waals surface area contributed by atoms with Crippen LogP contribution in [0.1, 0.15) is 25.0 Å². The van der Waals surface area contributed by atoms with E-state index in [0.29, 0.717) is 12.9 Å². The van der Waals surface area contributed by atoms with Crippen LogP contribution in [0.25, 0.3) is 0 Å². The molecule has 0 aliphatic carbocycles. The van der Waals surface area contributed by atoms with Gasteiger partial charge in [-0.15, -0.1) is 0 Å². The van der Waals surface area contributed by atoms with Crippen LogP contribution in [-0.2, 0) is 16.0 Å². The number of hydrogen-bond acceptors (Lipinski definition) is 3. The molecule has 1 aromatic carbocycles. The first-order valence-corrected chi connectivity index (χ1v) is 5.12. The average molecular weight is 209 g/mol. The fourth-order valence-electron chi connectivity index (χ4n) is 1.08.